The molecule has 14 heavy (non-hydrogen) atoms. The highest BCUT2D eigenvalue weighted by Crippen LogP contribution is 2.33. The lowest BCUT2D eigenvalue weighted by Crippen LogP contribution is -2.47. The Balaban J connectivity index is 2.23. The van der Waals surface area contributed by atoms with Crippen LogP contribution in [0.4, 0.5) is 0 Å². The molecule has 1 fully saturated rings. The number of hydrogen-bond donors (Lipinski definition) is 1. The van der Waals surface area contributed by atoms with E-state index in [9.17, 15) is 0 Å². The van der Waals surface area contributed by atoms with Gasteiger partial charge in [0.2, 0.25) is 0 Å². The van der Waals surface area contributed by atoms with Gasteiger partial charge < -0.3 is 10.2 Å². The molecule has 0 aromatic carbocycles. The van der Waals surface area contributed by atoms with Crippen molar-refractivity contribution in [1.82, 2.24) is 10.2 Å². The summed E-state index contributed by atoms with van der Waals surface area (Å²) >= 11 is 5.26. The van der Waals surface area contributed by atoms with Gasteiger partial charge in [0.15, 0.2) is 0 Å². The van der Waals surface area contributed by atoms with E-state index in [4.69, 9.17) is 12.2 Å². The van der Waals surface area contributed by atoms with Gasteiger partial charge in [-0.2, -0.15) is 0 Å². The Bertz CT molecular complexity index is 270. The van der Waals surface area contributed by atoms with Crippen LogP contribution in [-0.4, -0.2) is 30.0 Å². The molecule has 0 saturated heterocycles. The zero-order chi connectivity index (χ0) is 10.1. The van der Waals surface area contributed by atoms with E-state index >= 15 is 0 Å². The Morgan fingerprint density at radius 2 is 2.07 bits per heavy atom. The predicted molar refractivity (Wildman–Crippen MR) is 63.2 cm³/mol. The Morgan fingerprint density at radius 3 is 2.79 bits per heavy atom. The molecule has 0 bridgehead atoms. The van der Waals surface area contributed by atoms with Crippen LogP contribution in [0, 0.1) is 5.92 Å². The number of rotatable bonds is 1. The molecule has 0 aromatic heterocycles. The van der Waals surface area contributed by atoms with Crippen molar-refractivity contribution in [1.29, 1.82) is 0 Å². The molecule has 78 valence electrons. The Kier molecular flexibility index (Phi) is 2.77. The highest BCUT2D eigenvalue weighted by atomic mass is 32.1. The third kappa shape index (κ3) is 1.78. The molecule has 0 radical (unpaired) electrons. The first-order valence-electron chi connectivity index (χ1n) is 5.38. The SMILES string of the molecule is CN(C)C1=CC(=S)N[C@H]2CCCC[C@H]12. The van der Waals surface area contributed by atoms with Gasteiger partial charge in [0.25, 0.3) is 0 Å². The smallest absolute Gasteiger partial charge is 0.101 e. The maximum Gasteiger partial charge on any atom is 0.101 e. The molecule has 0 amide bonds. The predicted octanol–water partition coefficient (Wildman–Crippen LogP) is 1.92. The first-order chi connectivity index (χ1) is 6.68. The number of nitrogens with one attached hydrogen (secondary N) is 1. The van der Waals surface area contributed by atoms with E-state index in [0.29, 0.717) is 12.0 Å². The van der Waals surface area contributed by atoms with Crippen molar-refractivity contribution in [2.75, 3.05) is 14.1 Å². The molecule has 1 aliphatic heterocycles. The molecule has 0 spiro atoms. The molecule has 2 atom stereocenters. The van der Waals surface area contributed by atoms with E-state index in [1.54, 1.807) is 0 Å². The minimum absolute atomic E-state index is 0.596. The summed E-state index contributed by atoms with van der Waals surface area (Å²) in [7, 11) is 4.23. The van der Waals surface area contributed by atoms with Gasteiger partial charge in [0, 0.05) is 31.8 Å². The van der Waals surface area contributed by atoms with Gasteiger partial charge >= 0.3 is 0 Å². The third-order valence-electron chi connectivity index (χ3n) is 3.27. The quantitative estimate of drug-likeness (QED) is 0.666. The van der Waals surface area contributed by atoms with Crippen LogP contribution in [-0.2, 0) is 0 Å². The van der Waals surface area contributed by atoms with Gasteiger partial charge in [-0.3, -0.25) is 0 Å². The van der Waals surface area contributed by atoms with Crippen LogP contribution in [0.2, 0.25) is 0 Å². The van der Waals surface area contributed by atoms with Gasteiger partial charge in [-0.1, -0.05) is 25.1 Å². The molecule has 1 heterocycles. The fraction of sp³-hybridized carbons (Fsp3) is 0.727. The van der Waals surface area contributed by atoms with E-state index in [0.717, 1.165) is 4.99 Å². The first kappa shape index (κ1) is 9.97. The highest BCUT2D eigenvalue weighted by Gasteiger charge is 2.32. The van der Waals surface area contributed by atoms with Crippen molar-refractivity contribution < 1.29 is 0 Å². The minimum Gasteiger partial charge on any atom is -0.381 e. The van der Waals surface area contributed by atoms with E-state index in [1.165, 1.54) is 31.4 Å². The van der Waals surface area contributed by atoms with Gasteiger partial charge in [-0.05, 0) is 18.9 Å². The largest absolute Gasteiger partial charge is 0.381 e. The van der Waals surface area contributed by atoms with E-state index in [-0.39, 0.29) is 0 Å². The summed E-state index contributed by atoms with van der Waals surface area (Å²) in [6.07, 6.45) is 7.42. The van der Waals surface area contributed by atoms with Crippen molar-refractivity contribution in [2.45, 2.75) is 31.7 Å². The standard InChI is InChI=1S/C11H18N2S/c1-13(2)10-7-11(14)12-9-6-4-3-5-8(9)10/h7-9H,3-6H2,1-2H3,(H,12,14)/t8-,9-/m0/s1. The Morgan fingerprint density at radius 1 is 1.36 bits per heavy atom. The van der Waals surface area contributed by atoms with Crippen molar-refractivity contribution in [3.05, 3.63) is 11.8 Å². The fourth-order valence-electron chi connectivity index (χ4n) is 2.58. The molecule has 1 N–H and O–H groups in total. The van der Waals surface area contributed by atoms with E-state index in [2.05, 4.69) is 30.4 Å². The summed E-state index contributed by atoms with van der Waals surface area (Å²) in [5.41, 5.74) is 1.42. The maximum atomic E-state index is 5.26. The summed E-state index contributed by atoms with van der Waals surface area (Å²) in [4.78, 5) is 3.13. The van der Waals surface area contributed by atoms with Crippen LogP contribution in [0.5, 0.6) is 0 Å². The summed E-state index contributed by atoms with van der Waals surface area (Å²) in [5, 5.41) is 3.43. The molecule has 1 saturated carbocycles. The zero-order valence-electron chi connectivity index (χ0n) is 8.92. The summed E-state index contributed by atoms with van der Waals surface area (Å²) < 4.78 is 0. The lowest BCUT2D eigenvalue weighted by atomic mass is 9.80. The molecule has 2 rings (SSSR count). The molecular formula is C11H18N2S. The molecule has 1 aliphatic carbocycles. The van der Waals surface area contributed by atoms with Crippen molar-refractivity contribution in [2.24, 2.45) is 5.92 Å². The summed E-state index contributed by atoms with van der Waals surface area (Å²) in [6, 6.07) is 0.596. The van der Waals surface area contributed by atoms with Crippen LogP contribution in [0.3, 0.4) is 0 Å². The van der Waals surface area contributed by atoms with Crippen LogP contribution in [0.25, 0.3) is 0 Å². The van der Waals surface area contributed by atoms with E-state index in [1.807, 2.05) is 0 Å². The number of hydrogen-bond acceptors (Lipinski definition) is 2. The monoisotopic (exact) mass is 210 g/mol. The lowest BCUT2D eigenvalue weighted by molar-refractivity contribution is 0.272. The Labute approximate surface area is 91.4 Å². The van der Waals surface area contributed by atoms with Crippen molar-refractivity contribution >= 4 is 17.2 Å². The van der Waals surface area contributed by atoms with E-state index < -0.39 is 0 Å². The second-order valence-electron chi connectivity index (χ2n) is 4.47. The normalized spacial score (nSPS) is 31.6. The highest BCUT2D eigenvalue weighted by molar-refractivity contribution is 7.80. The van der Waals surface area contributed by atoms with Gasteiger partial charge in [0.1, 0.15) is 4.99 Å². The average molecular weight is 210 g/mol. The summed E-state index contributed by atoms with van der Waals surface area (Å²) in [6.45, 7) is 0. The maximum absolute atomic E-state index is 5.26. The lowest BCUT2D eigenvalue weighted by Gasteiger charge is -2.40. The minimum atomic E-state index is 0.596. The number of fused-ring (bicyclic) bond motifs is 1. The van der Waals surface area contributed by atoms with Gasteiger partial charge in [-0.25, -0.2) is 0 Å². The van der Waals surface area contributed by atoms with Crippen LogP contribution in [0.15, 0.2) is 11.8 Å². The van der Waals surface area contributed by atoms with Crippen molar-refractivity contribution in [3.63, 3.8) is 0 Å². The molecule has 0 unspecified atom stereocenters. The van der Waals surface area contributed by atoms with Crippen LogP contribution < -0.4 is 5.32 Å². The number of nitrogens with zero attached hydrogens (tertiary/aromatic N) is 1. The fourth-order valence-corrected chi connectivity index (χ4v) is 2.86. The van der Waals surface area contributed by atoms with Crippen LogP contribution >= 0.6 is 12.2 Å². The van der Waals surface area contributed by atoms with Gasteiger partial charge in [-0.15, -0.1) is 0 Å². The second kappa shape index (κ2) is 3.89. The van der Waals surface area contributed by atoms with Crippen LogP contribution in [0.1, 0.15) is 25.7 Å². The second-order valence-corrected chi connectivity index (χ2v) is 4.91. The zero-order valence-corrected chi connectivity index (χ0v) is 9.73. The number of thiocarbonyl (C=S) groups is 1. The summed E-state index contributed by atoms with van der Waals surface area (Å²) in [5.74, 6) is 0.686. The topological polar surface area (TPSA) is 15.3 Å². The average Bonchev–Trinajstić information content (AvgIpc) is 2.16. The van der Waals surface area contributed by atoms with Crippen molar-refractivity contribution in [3.8, 4) is 0 Å². The molecule has 0 aromatic rings. The third-order valence-corrected chi connectivity index (χ3v) is 3.50. The molecular weight excluding hydrogens is 192 g/mol. The molecule has 3 heteroatoms. The Hall–Kier alpha value is -0.570. The van der Waals surface area contributed by atoms with Gasteiger partial charge in [0.05, 0.1) is 0 Å². The molecule has 2 nitrogen and oxygen atoms in total. The molecule has 2 aliphatic rings. The first-order valence-corrected chi connectivity index (χ1v) is 5.78.